The van der Waals surface area contributed by atoms with Crippen LogP contribution in [-0.2, 0) is 4.79 Å². The van der Waals surface area contributed by atoms with Crippen LogP contribution in [0.4, 0.5) is 5.69 Å². The van der Waals surface area contributed by atoms with E-state index in [1.807, 2.05) is 36.4 Å². The van der Waals surface area contributed by atoms with E-state index in [0.717, 1.165) is 16.5 Å². The van der Waals surface area contributed by atoms with Crippen molar-refractivity contribution in [1.82, 2.24) is 4.98 Å². The number of carbonyl (C=O) groups excluding carboxylic acids is 1. The van der Waals surface area contributed by atoms with Crippen LogP contribution in [0.2, 0.25) is 5.02 Å². The normalized spacial score (nSPS) is 11.2. The van der Waals surface area contributed by atoms with Crippen molar-refractivity contribution in [3.8, 4) is 17.4 Å². The van der Waals surface area contributed by atoms with Gasteiger partial charge in [-0.3, -0.25) is 9.78 Å². The summed E-state index contributed by atoms with van der Waals surface area (Å²) in [5, 5.41) is 13.6. The number of furan rings is 1. The number of pyridine rings is 1. The SMILES string of the molecule is N#C/C(=C\c1ccc(-c2ccccc2Cl)o1)C(=O)Nc1cccc2ncccc12. The summed E-state index contributed by atoms with van der Waals surface area (Å²) >= 11 is 6.19. The quantitative estimate of drug-likeness (QED) is 0.353. The lowest BCUT2D eigenvalue weighted by Crippen LogP contribution is -2.13. The van der Waals surface area contributed by atoms with E-state index in [2.05, 4.69) is 10.3 Å². The molecule has 5 nitrogen and oxygen atoms in total. The van der Waals surface area contributed by atoms with Gasteiger partial charge in [-0.25, -0.2) is 0 Å². The summed E-state index contributed by atoms with van der Waals surface area (Å²) in [6.45, 7) is 0. The number of anilines is 1. The maximum absolute atomic E-state index is 12.6. The first-order valence-corrected chi connectivity index (χ1v) is 9.15. The van der Waals surface area contributed by atoms with Crippen LogP contribution in [0.25, 0.3) is 28.3 Å². The molecule has 0 atom stereocenters. The summed E-state index contributed by atoms with van der Waals surface area (Å²) in [7, 11) is 0. The number of nitriles is 1. The summed E-state index contributed by atoms with van der Waals surface area (Å²) < 4.78 is 5.75. The monoisotopic (exact) mass is 399 g/mol. The first-order valence-electron chi connectivity index (χ1n) is 8.77. The van der Waals surface area contributed by atoms with E-state index in [1.165, 1.54) is 6.08 Å². The molecule has 1 N–H and O–H groups in total. The molecule has 140 valence electrons. The van der Waals surface area contributed by atoms with Crippen LogP contribution in [-0.4, -0.2) is 10.9 Å². The largest absolute Gasteiger partial charge is 0.457 e. The van der Waals surface area contributed by atoms with Gasteiger partial charge in [-0.15, -0.1) is 0 Å². The molecule has 0 saturated heterocycles. The van der Waals surface area contributed by atoms with Crippen molar-refractivity contribution >= 4 is 40.2 Å². The Kier molecular flexibility index (Phi) is 5.10. The Hall–Kier alpha value is -3.88. The maximum atomic E-state index is 12.6. The van der Waals surface area contributed by atoms with Gasteiger partial charge in [-0.1, -0.05) is 29.8 Å². The molecule has 0 aliphatic carbocycles. The van der Waals surface area contributed by atoms with E-state index in [4.69, 9.17) is 16.0 Å². The molecule has 29 heavy (non-hydrogen) atoms. The Morgan fingerprint density at radius 3 is 2.76 bits per heavy atom. The van der Waals surface area contributed by atoms with Crippen molar-refractivity contribution in [3.63, 3.8) is 0 Å². The predicted molar refractivity (Wildman–Crippen MR) is 113 cm³/mol. The molecule has 0 bridgehead atoms. The molecule has 2 aromatic carbocycles. The molecule has 0 fully saturated rings. The van der Waals surface area contributed by atoms with Gasteiger partial charge in [0.1, 0.15) is 23.2 Å². The third-order valence-corrected chi connectivity index (χ3v) is 4.64. The van der Waals surface area contributed by atoms with E-state index in [1.54, 1.807) is 42.6 Å². The molecule has 0 radical (unpaired) electrons. The standard InChI is InChI=1S/C23H14ClN3O2/c24-19-7-2-1-5-17(19)22-11-10-16(29-22)13-15(14-25)23(28)27-21-9-3-8-20-18(21)6-4-12-26-20/h1-13H,(H,27,28)/b15-13+. The number of aromatic nitrogens is 1. The average molecular weight is 400 g/mol. The Balaban J connectivity index is 1.60. The zero-order valence-corrected chi connectivity index (χ0v) is 15.9. The Bertz CT molecular complexity index is 1280. The second-order valence-corrected chi connectivity index (χ2v) is 6.59. The van der Waals surface area contributed by atoms with Gasteiger partial charge in [0.25, 0.3) is 5.91 Å². The highest BCUT2D eigenvalue weighted by Crippen LogP contribution is 2.30. The zero-order chi connectivity index (χ0) is 20.2. The summed E-state index contributed by atoms with van der Waals surface area (Å²) in [5.41, 5.74) is 1.99. The third kappa shape index (κ3) is 3.88. The van der Waals surface area contributed by atoms with Crippen molar-refractivity contribution in [2.45, 2.75) is 0 Å². The number of benzene rings is 2. The van der Waals surface area contributed by atoms with Crippen molar-refractivity contribution < 1.29 is 9.21 Å². The Morgan fingerprint density at radius 2 is 1.93 bits per heavy atom. The molecule has 6 heteroatoms. The number of hydrogen-bond donors (Lipinski definition) is 1. The van der Waals surface area contributed by atoms with Gasteiger partial charge in [0, 0.05) is 23.2 Å². The molecule has 4 rings (SSSR count). The molecule has 2 heterocycles. The number of carbonyl (C=O) groups is 1. The third-order valence-electron chi connectivity index (χ3n) is 4.31. The van der Waals surface area contributed by atoms with E-state index in [9.17, 15) is 10.1 Å². The minimum absolute atomic E-state index is 0.0778. The molecule has 0 unspecified atom stereocenters. The highest BCUT2D eigenvalue weighted by molar-refractivity contribution is 6.33. The van der Waals surface area contributed by atoms with Gasteiger partial charge >= 0.3 is 0 Å². The van der Waals surface area contributed by atoms with Gasteiger partial charge < -0.3 is 9.73 Å². The predicted octanol–water partition coefficient (Wildman–Crippen LogP) is 5.69. The van der Waals surface area contributed by atoms with Crippen LogP contribution < -0.4 is 5.32 Å². The topological polar surface area (TPSA) is 78.9 Å². The van der Waals surface area contributed by atoms with Crippen LogP contribution in [0.3, 0.4) is 0 Å². The van der Waals surface area contributed by atoms with Crippen molar-refractivity contribution in [2.75, 3.05) is 5.32 Å². The van der Waals surface area contributed by atoms with E-state index >= 15 is 0 Å². The highest BCUT2D eigenvalue weighted by atomic mass is 35.5. The summed E-state index contributed by atoms with van der Waals surface area (Å²) in [4.78, 5) is 16.9. The number of halogens is 1. The molecule has 0 aliphatic rings. The lowest BCUT2D eigenvalue weighted by Gasteiger charge is -2.07. The van der Waals surface area contributed by atoms with Gasteiger partial charge in [0.15, 0.2) is 0 Å². The van der Waals surface area contributed by atoms with E-state index in [-0.39, 0.29) is 5.57 Å². The van der Waals surface area contributed by atoms with Crippen molar-refractivity contribution in [2.24, 2.45) is 0 Å². The minimum atomic E-state index is -0.528. The van der Waals surface area contributed by atoms with Gasteiger partial charge in [0.2, 0.25) is 0 Å². The number of rotatable bonds is 4. The molecule has 1 amide bonds. The van der Waals surface area contributed by atoms with Gasteiger partial charge in [-0.2, -0.15) is 5.26 Å². The fourth-order valence-electron chi connectivity index (χ4n) is 2.93. The fraction of sp³-hybridized carbons (Fsp3) is 0. The lowest BCUT2D eigenvalue weighted by atomic mass is 10.1. The molecule has 0 saturated carbocycles. The van der Waals surface area contributed by atoms with Crippen molar-refractivity contribution in [3.05, 3.63) is 89.3 Å². The number of nitrogens with one attached hydrogen (secondary N) is 1. The minimum Gasteiger partial charge on any atom is -0.457 e. The first-order chi connectivity index (χ1) is 14.2. The second-order valence-electron chi connectivity index (χ2n) is 6.18. The molecule has 2 aromatic heterocycles. The Labute approximate surface area is 171 Å². The summed E-state index contributed by atoms with van der Waals surface area (Å²) in [5.74, 6) is 0.408. The molecule has 0 aliphatic heterocycles. The fourth-order valence-corrected chi connectivity index (χ4v) is 3.16. The van der Waals surface area contributed by atoms with Crippen molar-refractivity contribution in [1.29, 1.82) is 5.26 Å². The molecular formula is C23H14ClN3O2. The van der Waals surface area contributed by atoms with Gasteiger partial charge in [0.05, 0.1) is 16.2 Å². The highest BCUT2D eigenvalue weighted by Gasteiger charge is 2.13. The molecular weight excluding hydrogens is 386 g/mol. The van der Waals surface area contributed by atoms with Crippen LogP contribution in [0.15, 0.2) is 82.9 Å². The second kappa shape index (κ2) is 8.01. The molecule has 0 spiro atoms. The zero-order valence-electron chi connectivity index (χ0n) is 15.1. The van der Waals surface area contributed by atoms with E-state index < -0.39 is 5.91 Å². The number of amides is 1. The summed E-state index contributed by atoms with van der Waals surface area (Å²) in [6.07, 6.45) is 3.08. The van der Waals surface area contributed by atoms with Crippen LogP contribution in [0.5, 0.6) is 0 Å². The van der Waals surface area contributed by atoms with E-state index in [0.29, 0.717) is 22.2 Å². The number of hydrogen-bond acceptors (Lipinski definition) is 4. The first kappa shape index (κ1) is 18.5. The van der Waals surface area contributed by atoms with Gasteiger partial charge in [-0.05, 0) is 48.5 Å². The smallest absolute Gasteiger partial charge is 0.266 e. The lowest BCUT2D eigenvalue weighted by molar-refractivity contribution is -0.112. The van der Waals surface area contributed by atoms with Crippen LogP contribution in [0, 0.1) is 11.3 Å². The Morgan fingerprint density at radius 1 is 1.07 bits per heavy atom. The van der Waals surface area contributed by atoms with Crippen LogP contribution in [0.1, 0.15) is 5.76 Å². The maximum Gasteiger partial charge on any atom is 0.266 e. The number of nitrogens with zero attached hydrogens (tertiary/aromatic N) is 2. The average Bonchev–Trinajstić information content (AvgIpc) is 3.21. The summed E-state index contributed by atoms with van der Waals surface area (Å²) in [6, 6.07) is 21.7. The number of fused-ring (bicyclic) bond motifs is 1. The van der Waals surface area contributed by atoms with Crippen LogP contribution >= 0.6 is 11.6 Å². The molecule has 4 aromatic rings.